The molecule has 1 saturated carbocycles. The minimum atomic E-state index is 0.829. The average molecular weight is 262 g/mol. The van der Waals surface area contributed by atoms with E-state index in [1.807, 2.05) is 6.07 Å². The average Bonchev–Trinajstić information content (AvgIpc) is 2.49. The molecule has 0 unspecified atom stereocenters. The van der Waals surface area contributed by atoms with Crippen molar-refractivity contribution in [2.24, 2.45) is 0 Å². The number of hydrogen-bond acceptors (Lipinski definition) is 4. The van der Waals surface area contributed by atoms with E-state index < -0.39 is 0 Å². The van der Waals surface area contributed by atoms with E-state index in [0.717, 1.165) is 24.8 Å². The lowest BCUT2D eigenvalue weighted by Crippen LogP contribution is -2.35. The zero-order valence-electron chi connectivity index (χ0n) is 12.0. The lowest BCUT2D eigenvalue weighted by Gasteiger charge is -2.31. The minimum Gasteiger partial charge on any atom is -0.311 e. The first-order valence-corrected chi connectivity index (χ1v) is 7.52. The maximum atomic E-state index is 4.20. The van der Waals surface area contributed by atoms with Gasteiger partial charge in [0.05, 0.1) is 5.69 Å². The zero-order valence-corrected chi connectivity index (χ0v) is 12.0. The van der Waals surface area contributed by atoms with Crippen molar-refractivity contribution in [1.82, 2.24) is 20.2 Å². The highest BCUT2D eigenvalue weighted by atomic mass is 15.1. The number of nitrogens with one attached hydrogen (secondary N) is 1. The number of aromatic nitrogens is 2. The smallest absolute Gasteiger partial charge is 0.115 e. The molecule has 1 aliphatic carbocycles. The van der Waals surface area contributed by atoms with Gasteiger partial charge >= 0.3 is 0 Å². The van der Waals surface area contributed by atoms with Crippen LogP contribution in [0.2, 0.25) is 0 Å². The summed E-state index contributed by atoms with van der Waals surface area (Å²) in [6.45, 7) is 3.10. The van der Waals surface area contributed by atoms with E-state index in [1.165, 1.54) is 45.1 Å². The van der Waals surface area contributed by atoms with Crippen molar-refractivity contribution in [2.45, 2.75) is 51.1 Å². The first-order chi connectivity index (χ1) is 9.36. The van der Waals surface area contributed by atoms with Gasteiger partial charge in [-0.05, 0) is 45.5 Å². The summed E-state index contributed by atoms with van der Waals surface area (Å²) in [6, 6.07) is 2.79. The van der Waals surface area contributed by atoms with Gasteiger partial charge in [0.15, 0.2) is 0 Å². The highest BCUT2D eigenvalue weighted by molar-refractivity contribution is 4.96. The molecule has 0 amide bonds. The Morgan fingerprint density at radius 3 is 2.89 bits per heavy atom. The second-order valence-electron chi connectivity index (χ2n) is 5.50. The van der Waals surface area contributed by atoms with Crippen molar-refractivity contribution >= 4 is 0 Å². The van der Waals surface area contributed by atoms with E-state index in [4.69, 9.17) is 0 Å². The van der Waals surface area contributed by atoms with Crippen LogP contribution in [0.15, 0.2) is 18.6 Å². The fourth-order valence-corrected chi connectivity index (χ4v) is 2.80. The molecule has 1 aromatic heterocycles. The molecule has 2 rings (SSSR count). The van der Waals surface area contributed by atoms with E-state index in [9.17, 15) is 0 Å². The van der Waals surface area contributed by atoms with Crippen molar-refractivity contribution in [2.75, 3.05) is 20.1 Å². The number of nitrogens with zero attached hydrogens (tertiary/aromatic N) is 3. The summed E-state index contributed by atoms with van der Waals surface area (Å²) in [7, 11) is 2.28. The van der Waals surface area contributed by atoms with Crippen LogP contribution in [0.1, 0.15) is 44.2 Å². The second kappa shape index (κ2) is 8.23. The normalized spacial score (nSPS) is 16.9. The first-order valence-electron chi connectivity index (χ1n) is 7.52. The summed E-state index contributed by atoms with van der Waals surface area (Å²) >= 11 is 0. The van der Waals surface area contributed by atoms with Crippen molar-refractivity contribution in [3.05, 3.63) is 24.3 Å². The maximum Gasteiger partial charge on any atom is 0.115 e. The molecule has 0 atom stereocenters. The highest BCUT2D eigenvalue weighted by Gasteiger charge is 2.16. The minimum absolute atomic E-state index is 0.829. The molecule has 4 nitrogen and oxygen atoms in total. The Bertz CT molecular complexity index is 335. The van der Waals surface area contributed by atoms with Gasteiger partial charge in [-0.25, -0.2) is 9.97 Å². The molecule has 0 radical (unpaired) electrons. The molecule has 106 valence electrons. The molecule has 1 fully saturated rings. The molecule has 19 heavy (non-hydrogen) atoms. The molecule has 0 spiro atoms. The number of hydrogen-bond donors (Lipinski definition) is 1. The molecule has 0 aromatic carbocycles. The number of rotatable bonds is 7. The Morgan fingerprint density at radius 2 is 2.16 bits per heavy atom. The van der Waals surface area contributed by atoms with E-state index in [2.05, 4.69) is 27.2 Å². The summed E-state index contributed by atoms with van der Waals surface area (Å²) < 4.78 is 0. The van der Waals surface area contributed by atoms with Gasteiger partial charge < -0.3 is 10.2 Å². The predicted octanol–water partition coefficient (Wildman–Crippen LogP) is 2.22. The Kier molecular flexibility index (Phi) is 6.24. The molecule has 0 saturated heterocycles. The van der Waals surface area contributed by atoms with Crippen LogP contribution in [0, 0.1) is 0 Å². The summed E-state index contributed by atoms with van der Waals surface area (Å²) in [6.07, 6.45) is 11.7. The monoisotopic (exact) mass is 262 g/mol. The lowest BCUT2D eigenvalue weighted by atomic mass is 9.94. The van der Waals surface area contributed by atoms with Gasteiger partial charge in [0, 0.05) is 18.8 Å². The second-order valence-corrected chi connectivity index (χ2v) is 5.50. The van der Waals surface area contributed by atoms with Gasteiger partial charge in [-0.2, -0.15) is 0 Å². The molecule has 0 aliphatic heterocycles. The summed E-state index contributed by atoms with van der Waals surface area (Å²) in [4.78, 5) is 10.7. The van der Waals surface area contributed by atoms with E-state index in [-0.39, 0.29) is 0 Å². The lowest BCUT2D eigenvalue weighted by molar-refractivity contribution is 0.189. The van der Waals surface area contributed by atoms with Crippen LogP contribution in [-0.4, -0.2) is 41.0 Å². The summed E-state index contributed by atoms with van der Waals surface area (Å²) in [5.74, 6) is 0. The van der Waals surface area contributed by atoms with E-state index in [0.29, 0.717) is 0 Å². The Labute approximate surface area is 116 Å². The summed E-state index contributed by atoms with van der Waals surface area (Å²) in [5.41, 5.74) is 1.07. The third-order valence-electron chi connectivity index (χ3n) is 4.01. The standard InChI is InChI=1S/C15H26N4/c1-19(15-6-3-2-4-7-15)11-5-9-16-12-14-8-10-17-13-18-14/h8,10,13,15-16H,2-7,9,11-12H2,1H3. The largest absolute Gasteiger partial charge is 0.311 e. The molecular formula is C15H26N4. The van der Waals surface area contributed by atoms with Gasteiger partial charge in [-0.1, -0.05) is 19.3 Å². The van der Waals surface area contributed by atoms with Crippen molar-refractivity contribution in [1.29, 1.82) is 0 Å². The Balaban J connectivity index is 1.54. The van der Waals surface area contributed by atoms with Crippen LogP contribution < -0.4 is 5.32 Å². The van der Waals surface area contributed by atoms with E-state index in [1.54, 1.807) is 12.5 Å². The quantitative estimate of drug-likeness (QED) is 0.765. The molecular weight excluding hydrogens is 236 g/mol. The van der Waals surface area contributed by atoms with Crippen LogP contribution in [0.3, 0.4) is 0 Å². The van der Waals surface area contributed by atoms with Gasteiger partial charge in [-0.3, -0.25) is 0 Å². The molecule has 0 bridgehead atoms. The van der Waals surface area contributed by atoms with Crippen molar-refractivity contribution in [3.63, 3.8) is 0 Å². The third kappa shape index (κ3) is 5.25. The van der Waals surface area contributed by atoms with Gasteiger partial charge in [-0.15, -0.1) is 0 Å². The fourth-order valence-electron chi connectivity index (χ4n) is 2.80. The van der Waals surface area contributed by atoms with E-state index >= 15 is 0 Å². The van der Waals surface area contributed by atoms with Crippen LogP contribution in [0.4, 0.5) is 0 Å². The zero-order chi connectivity index (χ0) is 13.3. The van der Waals surface area contributed by atoms with Crippen molar-refractivity contribution < 1.29 is 0 Å². The third-order valence-corrected chi connectivity index (χ3v) is 4.01. The Hall–Kier alpha value is -1.00. The first kappa shape index (κ1) is 14.4. The molecule has 4 heteroatoms. The molecule has 1 aromatic rings. The summed E-state index contributed by atoms with van der Waals surface area (Å²) in [5, 5.41) is 3.44. The van der Waals surface area contributed by atoms with Crippen LogP contribution in [0.5, 0.6) is 0 Å². The molecule has 1 aliphatic rings. The van der Waals surface area contributed by atoms with Gasteiger partial charge in [0.25, 0.3) is 0 Å². The highest BCUT2D eigenvalue weighted by Crippen LogP contribution is 2.21. The van der Waals surface area contributed by atoms with Crippen LogP contribution in [0.25, 0.3) is 0 Å². The molecule has 1 N–H and O–H groups in total. The van der Waals surface area contributed by atoms with Gasteiger partial charge in [0.1, 0.15) is 6.33 Å². The predicted molar refractivity (Wildman–Crippen MR) is 77.9 cm³/mol. The van der Waals surface area contributed by atoms with Crippen LogP contribution >= 0.6 is 0 Å². The Morgan fingerprint density at radius 1 is 1.32 bits per heavy atom. The van der Waals surface area contributed by atoms with Crippen LogP contribution in [-0.2, 0) is 6.54 Å². The SMILES string of the molecule is CN(CCCNCc1ccncn1)C1CCCCC1. The topological polar surface area (TPSA) is 41.0 Å². The fraction of sp³-hybridized carbons (Fsp3) is 0.733. The van der Waals surface area contributed by atoms with Gasteiger partial charge in [0.2, 0.25) is 0 Å². The van der Waals surface area contributed by atoms with Crippen molar-refractivity contribution in [3.8, 4) is 0 Å². The molecule has 1 heterocycles. The maximum absolute atomic E-state index is 4.20.